The van der Waals surface area contributed by atoms with Crippen LogP contribution in [0.3, 0.4) is 0 Å². The maximum absolute atomic E-state index is 9.02. The van der Waals surface area contributed by atoms with Gasteiger partial charge in [0.1, 0.15) is 0 Å². The average molecular weight is 197 g/mol. The Balaban J connectivity index is 1.71. The van der Waals surface area contributed by atoms with Crippen molar-refractivity contribution in [1.29, 1.82) is 0 Å². The van der Waals surface area contributed by atoms with Gasteiger partial charge in [0.05, 0.1) is 0 Å². The molecule has 0 heterocycles. The maximum atomic E-state index is 9.02. The number of aliphatic hydroxyl groups is 1. The van der Waals surface area contributed by atoms with Crippen molar-refractivity contribution in [1.82, 2.24) is 5.32 Å². The quantitative estimate of drug-likeness (QED) is 0.707. The Morgan fingerprint density at radius 1 is 1.14 bits per heavy atom. The van der Waals surface area contributed by atoms with Crippen LogP contribution in [-0.2, 0) is 0 Å². The van der Waals surface area contributed by atoms with Crippen LogP contribution >= 0.6 is 0 Å². The summed E-state index contributed by atoms with van der Waals surface area (Å²) in [6, 6.07) is 0. The van der Waals surface area contributed by atoms with E-state index in [-0.39, 0.29) is 0 Å². The van der Waals surface area contributed by atoms with Gasteiger partial charge in [-0.05, 0) is 51.0 Å². The molecule has 2 aliphatic carbocycles. The van der Waals surface area contributed by atoms with Crippen LogP contribution in [0.15, 0.2) is 0 Å². The molecule has 2 fully saturated rings. The maximum Gasteiger partial charge on any atom is 0.0448 e. The molecule has 0 unspecified atom stereocenters. The van der Waals surface area contributed by atoms with Gasteiger partial charge in [0.25, 0.3) is 0 Å². The molecule has 2 saturated carbocycles. The molecular weight excluding hydrogens is 174 g/mol. The van der Waals surface area contributed by atoms with Crippen molar-refractivity contribution < 1.29 is 5.11 Å². The Morgan fingerprint density at radius 2 is 1.86 bits per heavy atom. The Kier molecular flexibility index (Phi) is 3.45. The minimum atomic E-state index is 0.331. The van der Waals surface area contributed by atoms with Gasteiger partial charge in [-0.2, -0.15) is 0 Å². The van der Waals surface area contributed by atoms with E-state index in [0.717, 1.165) is 12.3 Å². The zero-order chi connectivity index (χ0) is 9.86. The van der Waals surface area contributed by atoms with Crippen LogP contribution in [0.25, 0.3) is 0 Å². The third-order valence-electron chi connectivity index (χ3n) is 4.14. The van der Waals surface area contributed by atoms with E-state index in [9.17, 15) is 0 Å². The van der Waals surface area contributed by atoms with Crippen LogP contribution < -0.4 is 5.32 Å². The summed E-state index contributed by atoms with van der Waals surface area (Å²) in [5, 5.41) is 12.7. The van der Waals surface area contributed by atoms with Crippen LogP contribution in [-0.4, -0.2) is 23.8 Å². The molecule has 0 radical (unpaired) electrons. The summed E-state index contributed by atoms with van der Waals surface area (Å²) in [5.41, 5.74) is 0.331. The topological polar surface area (TPSA) is 32.3 Å². The highest BCUT2D eigenvalue weighted by molar-refractivity contribution is 4.96. The molecule has 2 nitrogen and oxygen atoms in total. The second-order valence-electron chi connectivity index (χ2n) is 5.14. The molecule has 0 saturated heterocycles. The second-order valence-corrected chi connectivity index (χ2v) is 5.14. The van der Waals surface area contributed by atoms with Gasteiger partial charge in [-0.3, -0.25) is 0 Å². The number of rotatable bonds is 5. The summed E-state index contributed by atoms with van der Waals surface area (Å²) in [5.74, 6) is 0.922. The monoisotopic (exact) mass is 197 g/mol. The predicted molar refractivity (Wildman–Crippen MR) is 58.2 cm³/mol. The highest BCUT2D eigenvalue weighted by Crippen LogP contribution is 2.35. The molecule has 2 rings (SSSR count). The Morgan fingerprint density at radius 3 is 2.36 bits per heavy atom. The second kappa shape index (κ2) is 4.63. The minimum Gasteiger partial charge on any atom is -0.396 e. The van der Waals surface area contributed by atoms with Crippen LogP contribution in [0.4, 0.5) is 0 Å². The molecule has 0 bridgehead atoms. The highest BCUT2D eigenvalue weighted by Gasteiger charge is 2.36. The Hall–Kier alpha value is -0.0800. The lowest BCUT2D eigenvalue weighted by Gasteiger charge is -2.43. The van der Waals surface area contributed by atoms with Crippen molar-refractivity contribution >= 4 is 0 Å². The van der Waals surface area contributed by atoms with Crippen LogP contribution in [0.1, 0.15) is 51.4 Å². The molecule has 0 aromatic carbocycles. The smallest absolute Gasteiger partial charge is 0.0448 e. The summed E-state index contributed by atoms with van der Waals surface area (Å²) in [4.78, 5) is 0. The van der Waals surface area contributed by atoms with E-state index in [1.165, 1.54) is 51.5 Å². The molecule has 0 aromatic rings. The summed E-state index contributed by atoms with van der Waals surface area (Å²) in [6.45, 7) is 1.54. The molecule has 2 aliphatic rings. The Labute approximate surface area is 87.1 Å². The third kappa shape index (κ3) is 2.29. The van der Waals surface area contributed by atoms with Gasteiger partial charge in [-0.1, -0.05) is 12.8 Å². The third-order valence-corrected chi connectivity index (χ3v) is 4.14. The van der Waals surface area contributed by atoms with Gasteiger partial charge in [-0.25, -0.2) is 0 Å². The fraction of sp³-hybridized carbons (Fsp3) is 1.00. The van der Waals surface area contributed by atoms with E-state index in [2.05, 4.69) is 5.32 Å². The lowest BCUT2D eigenvalue weighted by atomic mass is 9.74. The number of hydrogen-bond acceptors (Lipinski definition) is 2. The van der Waals surface area contributed by atoms with Gasteiger partial charge in [0, 0.05) is 12.1 Å². The molecule has 0 aromatic heterocycles. The zero-order valence-corrected chi connectivity index (χ0v) is 9.10. The van der Waals surface area contributed by atoms with Crippen molar-refractivity contribution in [3.8, 4) is 0 Å². The fourth-order valence-electron chi connectivity index (χ4n) is 2.91. The van der Waals surface area contributed by atoms with Gasteiger partial charge in [0.2, 0.25) is 0 Å². The summed E-state index contributed by atoms with van der Waals surface area (Å²) in [7, 11) is 0. The van der Waals surface area contributed by atoms with E-state index >= 15 is 0 Å². The molecule has 0 aliphatic heterocycles. The number of aliphatic hydroxyl groups excluding tert-OH is 1. The highest BCUT2D eigenvalue weighted by atomic mass is 16.3. The molecule has 82 valence electrons. The molecule has 0 amide bonds. The van der Waals surface area contributed by atoms with E-state index in [0.29, 0.717) is 12.1 Å². The van der Waals surface area contributed by atoms with E-state index in [1.54, 1.807) is 0 Å². The normalized spacial score (nSPS) is 26.4. The van der Waals surface area contributed by atoms with E-state index in [4.69, 9.17) is 5.11 Å². The first-order valence-electron chi connectivity index (χ1n) is 6.21. The van der Waals surface area contributed by atoms with Crippen molar-refractivity contribution in [2.45, 2.75) is 56.9 Å². The molecule has 2 heteroatoms. The number of nitrogens with one attached hydrogen (secondary N) is 1. The first-order chi connectivity index (χ1) is 6.85. The van der Waals surface area contributed by atoms with E-state index in [1.807, 2.05) is 0 Å². The predicted octanol–water partition coefficient (Wildman–Crippen LogP) is 2.07. The lowest BCUT2D eigenvalue weighted by molar-refractivity contribution is 0.126. The Bertz CT molecular complexity index is 171. The first kappa shape index (κ1) is 10.4. The van der Waals surface area contributed by atoms with Crippen molar-refractivity contribution in [2.24, 2.45) is 5.92 Å². The summed E-state index contributed by atoms with van der Waals surface area (Å²) < 4.78 is 0. The largest absolute Gasteiger partial charge is 0.396 e. The molecular formula is C12H23NO. The lowest BCUT2D eigenvalue weighted by Crippen LogP contribution is -2.52. The van der Waals surface area contributed by atoms with Crippen molar-refractivity contribution in [2.75, 3.05) is 13.2 Å². The first-order valence-corrected chi connectivity index (χ1v) is 6.21. The summed E-state index contributed by atoms with van der Waals surface area (Å²) in [6.07, 6.45) is 10.6. The standard InChI is InChI=1S/C12H23NO/c14-9-8-12(6-3-7-12)13-10-11-4-1-2-5-11/h11,13-14H,1-10H2. The van der Waals surface area contributed by atoms with Gasteiger partial charge >= 0.3 is 0 Å². The van der Waals surface area contributed by atoms with E-state index < -0.39 is 0 Å². The molecule has 0 spiro atoms. The average Bonchev–Trinajstić information content (AvgIpc) is 2.62. The van der Waals surface area contributed by atoms with Gasteiger partial charge in [0.15, 0.2) is 0 Å². The minimum absolute atomic E-state index is 0.331. The molecule has 2 N–H and O–H groups in total. The summed E-state index contributed by atoms with van der Waals surface area (Å²) >= 11 is 0. The SMILES string of the molecule is OCCC1(NCC2CCCC2)CCC1. The van der Waals surface area contributed by atoms with Gasteiger partial charge in [-0.15, -0.1) is 0 Å². The molecule has 0 atom stereocenters. The zero-order valence-electron chi connectivity index (χ0n) is 9.10. The van der Waals surface area contributed by atoms with Crippen LogP contribution in [0, 0.1) is 5.92 Å². The number of hydrogen-bond donors (Lipinski definition) is 2. The van der Waals surface area contributed by atoms with Crippen LogP contribution in [0.5, 0.6) is 0 Å². The van der Waals surface area contributed by atoms with Gasteiger partial charge < -0.3 is 10.4 Å². The fourth-order valence-corrected chi connectivity index (χ4v) is 2.91. The van der Waals surface area contributed by atoms with Crippen LogP contribution in [0.2, 0.25) is 0 Å². The van der Waals surface area contributed by atoms with Crippen molar-refractivity contribution in [3.05, 3.63) is 0 Å². The van der Waals surface area contributed by atoms with Crippen molar-refractivity contribution in [3.63, 3.8) is 0 Å². The molecule has 14 heavy (non-hydrogen) atoms.